The zero-order valence-corrected chi connectivity index (χ0v) is 17.0. The van der Waals surface area contributed by atoms with Crippen molar-refractivity contribution in [1.29, 1.82) is 0 Å². The molecular weight excluding hydrogens is 372 g/mol. The van der Waals surface area contributed by atoms with Gasteiger partial charge in [0.25, 0.3) is 0 Å². The lowest BCUT2D eigenvalue weighted by Crippen LogP contribution is -2.05. The van der Waals surface area contributed by atoms with Crippen molar-refractivity contribution in [3.05, 3.63) is 83.9 Å². The fourth-order valence-electron chi connectivity index (χ4n) is 3.67. The van der Waals surface area contributed by atoms with Gasteiger partial charge in [0, 0.05) is 12.1 Å². The monoisotopic (exact) mass is 394 g/mol. The molecule has 0 radical (unpaired) electrons. The van der Waals surface area contributed by atoms with Gasteiger partial charge in [0.15, 0.2) is 11.3 Å². The lowest BCUT2D eigenvalue weighted by atomic mass is 10.1. The number of nitrogens with zero attached hydrogens (tertiary/aromatic N) is 4. The van der Waals surface area contributed by atoms with E-state index < -0.39 is 0 Å². The van der Waals surface area contributed by atoms with Crippen molar-refractivity contribution in [1.82, 2.24) is 19.5 Å². The number of hydrogen-bond donors (Lipinski definition) is 0. The first-order chi connectivity index (χ1) is 14.7. The summed E-state index contributed by atoms with van der Waals surface area (Å²) < 4.78 is 7.46. The van der Waals surface area contributed by atoms with Gasteiger partial charge < -0.3 is 9.30 Å². The van der Waals surface area contributed by atoms with Crippen LogP contribution in [-0.2, 0) is 13.0 Å². The first-order valence-electron chi connectivity index (χ1n) is 10.0. The largest absolute Gasteiger partial charge is 0.497 e. The van der Waals surface area contributed by atoms with Gasteiger partial charge in [-0.25, -0.2) is 15.0 Å². The van der Waals surface area contributed by atoms with Gasteiger partial charge in [-0.3, -0.25) is 0 Å². The van der Waals surface area contributed by atoms with Crippen LogP contribution in [0.1, 0.15) is 11.1 Å². The molecule has 0 amide bonds. The smallest absolute Gasteiger partial charge is 0.198 e. The minimum Gasteiger partial charge on any atom is -0.497 e. The lowest BCUT2D eigenvalue weighted by molar-refractivity contribution is 0.414. The predicted octanol–water partition coefficient (Wildman–Crippen LogP) is 5.21. The maximum absolute atomic E-state index is 5.27. The van der Waals surface area contributed by atoms with Crippen LogP contribution in [0.2, 0.25) is 0 Å². The van der Waals surface area contributed by atoms with Crippen LogP contribution in [0.15, 0.2) is 72.8 Å². The summed E-state index contributed by atoms with van der Waals surface area (Å²) in [5.41, 5.74) is 6.77. The number of aryl methyl sites for hydroxylation is 3. The van der Waals surface area contributed by atoms with Gasteiger partial charge in [-0.05, 0) is 43.2 Å². The van der Waals surface area contributed by atoms with Crippen LogP contribution in [0, 0.1) is 6.92 Å². The second-order valence-corrected chi connectivity index (χ2v) is 7.41. The summed E-state index contributed by atoms with van der Waals surface area (Å²) in [6, 6.07) is 24.6. The van der Waals surface area contributed by atoms with E-state index in [0.717, 1.165) is 46.8 Å². The number of hydrogen-bond acceptors (Lipinski definition) is 4. The minimum absolute atomic E-state index is 0.680. The maximum atomic E-state index is 5.27. The van der Waals surface area contributed by atoms with Crippen LogP contribution in [0.5, 0.6) is 5.75 Å². The number of para-hydroxylation sites is 2. The van der Waals surface area contributed by atoms with Crippen molar-refractivity contribution >= 4 is 22.3 Å². The minimum atomic E-state index is 0.680. The lowest BCUT2D eigenvalue weighted by Gasteiger charge is -2.10. The molecule has 2 aromatic heterocycles. The Morgan fingerprint density at radius 1 is 0.800 bits per heavy atom. The summed E-state index contributed by atoms with van der Waals surface area (Å²) in [6.45, 7) is 2.85. The Morgan fingerprint density at radius 2 is 1.50 bits per heavy atom. The molecule has 5 aromatic rings. The fraction of sp³-hybridized carbons (Fsp3) is 0.160. The summed E-state index contributed by atoms with van der Waals surface area (Å²) in [5, 5.41) is 0. The molecule has 0 saturated carbocycles. The van der Waals surface area contributed by atoms with E-state index in [1.54, 1.807) is 7.11 Å². The molecule has 0 unspecified atom stereocenters. The number of methoxy groups -OCH3 is 1. The Bertz CT molecular complexity index is 1320. The van der Waals surface area contributed by atoms with Crippen molar-refractivity contribution < 1.29 is 4.74 Å². The van der Waals surface area contributed by atoms with E-state index in [1.807, 2.05) is 36.4 Å². The van der Waals surface area contributed by atoms with Crippen LogP contribution >= 0.6 is 0 Å². The molecule has 5 heteroatoms. The van der Waals surface area contributed by atoms with E-state index in [-0.39, 0.29) is 0 Å². The highest BCUT2D eigenvalue weighted by Crippen LogP contribution is 2.26. The molecule has 0 atom stereocenters. The van der Waals surface area contributed by atoms with Crippen molar-refractivity contribution in [2.75, 3.05) is 7.11 Å². The highest BCUT2D eigenvalue weighted by molar-refractivity contribution is 5.84. The summed E-state index contributed by atoms with van der Waals surface area (Å²) in [5.74, 6) is 1.76. The Morgan fingerprint density at radius 3 is 2.20 bits per heavy atom. The molecule has 0 spiro atoms. The molecule has 148 valence electrons. The molecule has 2 heterocycles. The second-order valence-electron chi connectivity index (χ2n) is 7.41. The second kappa shape index (κ2) is 7.59. The van der Waals surface area contributed by atoms with Crippen LogP contribution in [0.3, 0.4) is 0 Å². The third kappa shape index (κ3) is 3.39. The third-order valence-corrected chi connectivity index (χ3v) is 5.35. The molecule has 0 N–H and O–H groups in total. The maximum Gasteiger partial charge on any atom is 0.198 e. The average Bonchev–Trinajstić information content (AvgIpc) is 3.14. The van der Waals surface area contributed by atoms with Crippen LogP contribution in [0.4, 0.5) is 0 Å². The van der Waals surface area contributed by atoms with Gasteiger partial charge in [-0.2, -0.15) is 0 Å². The van der Waals surface area contributed by atoms with Gasteiger partial charge in [0.05, 0.1) is 18.1 Å². The average molecular weight is 394 g/mol. The van der Waals surface area contributed by atoms with E-state index in [4.69, 9.17) is 19.7 Å². The SMILES string of the molecule is COc1ccc(CCn2c(-c3ccc(C)cc3)nc3nc4ccccc4nc32)cc1. The molecule has 5 nitrogen and oxygen atoms in total. The van der Waals surface area contributed by atoms with Crippen molar-refractivity contribution in [2.24, 2.45) is 0 Å². The quantitative estimate of drug-likeness (QED) is 0.411. The first-order valence-corrected chi connectivity index (χ1v) is 10.0. The van der Waals surface area contributed by atoms with Gasteiger partial charge >= 0.3 is 0 Å². The third-order valence-electron chi connectivity index (χ3n) is 5.35. The number of aromatic nitrogens is 4. The number of imidazole rings is 1. The number of ether oxygens (including phenoxy) is 1. The Hall–Kier alpha value is -3.73. The summed E-state index contributed by atoms with van der Waals surface area (Å²) in [7, 11) is 1.68. The Labute approximate surface area is 175 Å². The van der Waals surface area contributed by atoms with Gasteiger partial charge in [0.2, 0.25) is 0 Å². The topological polar surface area (TPSA) is 52.8 Å². The number of fused-ring (bicyclic) bond motifs is 2. The molecule has 3 aromatic carbocycles. The summed E-state index contributed by atoms with van der Waals surface area (Å²) >= 11 is 0. The molecule has 0 aliphatic heterocycles. The molecular formula is C25H22N4O. The van der Waals surface area contributed by atoms with Crippen molar-refractivity contribution in [3.8, 4) is 17.1 Å². The van der Waals surface area contributed by atoms with Gasteiger partial charge in [-0.1, -0.05) is 54.1 Å². The molecule has 0 bridgehead atoms. The highest BCUT2D eigenvalue weighted by Gasteiger charge is 2.16. The Kier molecular flexibility index (Phi) is 4.64. The number of benzene rings is 3. The van der Waals surface area contributed by atoms with E-state index in [0.29, 0.717) is 5.65 Å². The first kappa shape index (κ1) is 18.3. The molecule has 0 aliphatic carbocycles. The zero-order chi connectivity index (χ0) is 20.5. The van der Waals surface area contributed by atoms with E-state index in [1.165, 1.54) is 11.1 Å². The van der Waals surface area contributed by atoms with Gasteiger partial charge in [0.1, 0.15) is 11.6 Å². The van der Waals surface area contributed by atoms with E-state index in [2.05, 4.69) is 47.9 Å². The normalized spacial score (nSPS) is 11.3. The van der Waals surface area contributed by atoms with Crippen LogP contribution < -0.4 is 4.74 Å². The van der Waals surface area contributed by atoms with Crippen LogP contribution in [0.25, 0.3) is 33.7 Å². The predicted molar refractivity (Wildman–Crippen MR) is 120 cm³/mol. The molecule has 0 fully saturated rings. The standard InChI is InChI=1S/C25H22N4O/c1-17-7-11-19(12-8-17)24-28-23-25(27-22-6-4-3-5-21(22)26-23)29(24)16-15-18-9-13-20(30-2)14-10-18/h3-14H,15-16H2,1-2H3. The van der Waals surface area contributed by atoms with Crippen molar-refractivity contribution in [2.45, 2.75) is 19.9 Å². The molecule has 0 aliphatic rings. The number of rotatable bonds is 5. The Balaban J connectivity index is 1.61. The van der Waals surface area contributed by atoms with Crippen LogP contribution in [-0.4, -0.2) is 26.6 Å². The van der Waals surface area contributed by atoms with Crippen molar-refractivity contribution in [3.63, 3.8) is 0 Å². The summed E-state index contributed by atoms with van der Waals surface area (Å²) in [4.78, 5) is 14.5. The van der Waals surface area contributed by atoms with E-state index in [9.17, 15) is 0 Å². The molecule has 30 heavy (non-hydrogen) atoms. The fourth-order valence-corrected chi connectivity index (χ4v) is 3.67. The summed E-state index contributed by atoms with van der Waals surface area (Å²) in [6.07, 6.45) is 0.864. The zero-order valence-electron chi connectivity index (χ0n) is 17.0. The molecule has 5 rings (SSSR count). The van der Waals surface area contributed by atoms with E-state index >= 15 is 0 Å². The van der Waals surface area contributed by atoms with Gasteiger partial charge in [-0.15, -0.1) is 0 Å². The molecule has 0 saturated heterocycles. The highest BCUT2D eigenvalue weighted by atomic mass is 16.5.